The highest BCUT2D eigenvalue weighted by Crippen LogP contribution is 2.42. The molecule has 0 bridgehead atoms. The first-order chi connectivity index (χ1) is 19.4. The Labute approximate surface area is 239 Å². The normalized spacial score (nSPS) is 21.1. The molecule has 2 aliphatic heterocycles. The van der Waals surface area contributed by atoms with Crippen molar-refractivity contribution in [3.8, 4) is 0 Å². The number of thiazole rings is 1. The molecule has 4 heterocycles. The van der Waals surface area contributed by atoms with Gasteiger partial charge < -0.3 is 14.8 Å². The number of nitrogens with zero attached hydrogens (tertiary/aromatic N) is 4. The molecular formula is C27H33F3N6O2S2. The molecule has 0 spiro atoms. The predicted octanol–water partition coefficient (Wildman–Crippen LogP) is 3.99. The molecule has 0 amide bonds. The molecule has 0 aliphatic carbocycles. The predicted molar refractivity (Wildman–Crippen MR) is 153 cm³/mol. The zero-order chi connectivity index (χ0) is 28.0. The minimum Gasteiger partial charge on any atom is -0.379 e. The van der Waals surface area contributed by atoms with Crippen LogP contribution in [0.3, 0.4) is 0 Å². The van der Waals surface area contributed by atoms with Crippen LogP contribution in [0.25, 0.3) is 10.2 Å². The maximum atomic E-state index is 13.1. The summed E-state index contributed by atoms with van der Waals surface area (Å²) in [5.41, 5.74) is 1.88. The molecule has 216 valence electrons. The number of morpholine rings is 1. The van der Waals surface area contributed by atoms with Gasteiger partial charge in [-0.15, -0.1) is 23.1 Å². The number of aromatic nitrogens is 2. The monoisotopic (exact) mass is 594 g/mol. The van der Waals surface area contributed by atoms with Gasteiger partial charge in [0, 0.05) is 58.3 Å². The number of pyridine rings is 1. The SMILES string of the molecule is COCC1=NC(NC[C@H](Cc2ccc(C(F)(F)F)cc2)NCCN2CCOCC2)SC1c1nc2ccncc2s1. The van der Waals surface area contributed by atoms with Crippen molar-refractivity contribution < 1.29 is 22.6 Å². The summed E-state index contributed by atoms with van der Waals surface area (Å²) in [5, 5.41) is 8.12. The van der Waals surface area contributed by atoms with E-state index in [1.165, 1.54) is 0 Å². The van der Waals surface area contributed by atoms with Crippen molar-refractivity contribution in [1.29, 1.82) is 0 Å². The number of aliphatic imine (C=N–C) groups is 1. The van der Waals surface area contributed by atoms with Crippen LogP contribution in [0.1, 0.15) is 21.4 Å². The molecule has 1 fully saturated rings. The van der Waals surface area contributed by atoms with Crippen molar-refractivity contribution in [2.24, 2.45) is 4.99 Å². The lowest BCUT2D eigenvalue weighted by molar-refractivity contribution is -0.137. The lowest BCUT2D eigenvalue weighted by atomic mass is 10.0. The smallest absolute Gasteiger partial charge is 0.379 e. The van der Waals surface area contributed by atoms with Crippen molar-refractivity contribution in [2.75, 3.05) is 59.7 Å². The van der Waals surface area contributed by atoms with E-state index >= 15 is 0 Å². The summed E-state index contributed by atoms with van der Waals surface area (Å²) in [6.45, 7) is 5.96. The number of ether oxygens (including phenoxy) is 2. The first kappa shape index (κ1) is 29.4. The first-order valence-electron chi connectivity index (χ1n) is 13.2. The highest BCUT2D eigenvalue weighted by atomic mass is 32.2. The van der Waals surface area contributed by atoms with Crippen molar-refractivity contribution in [3.05, 3.63) is 58.9 Å². The summed E-state index contributed by atoms with van der Waals surface area (Å²) in [5.74, 6) is 0. The van der Waals surface area contributed by atoms with E-state index in [2.05, 4.69) is 20.5 Å². The van der Waals surface area contributed by atoms with Crippen LogP contribution < -0.4 is 10.6 Å². The highest BCUT2D eigenvalue weighted by Gasteiger charge is 2.33. The van der Waals surface area contributed by atoms with Gasteiger partial charge in [-0.3, -0.25) is 20.2 Å². The van der Waals surface area contributed by atoms with E-state index in [-0.39, 0.29) is 16.8 Å². The molecule has 2 aromatic heterocycles. The molecule has 2 N–H and O–H groups in total. The second kappa shape index (κ2) is 13.7. The van der Waals surface area contributed by atoms with Crippen LogP contribution >= 0.6 is 23.1 Å². The number of halogens is 3. The Morgan fingerprint density at radius 1 is 1.18 bits per heavy atom. The fourth-order valence-corrected chi connectivity index (χ4v) is 7.10. The Morgan fingerprint density at radius 3 is 2.70 bits per heavy atom. The zero-order valence-corrected chi connectivity index (χ0v) is 23.8. The lowest BCUT2D eigenvalue weighted by Crippen LogP contribution is -2.46. The van der Waals surface area contributed by atoms with Crippen molar-refractivity contribution in [3.63, 3.8) is 0 Å². The zero-order valence-electron chi connectivity index (χ0n) is 22.2. The number of benzene rings is 1. The van der Waals surface area contributed by atoms with Gasteiger partial charge in [-0.1, -0.05) is 12.1 Å². The van der Waals surface area contributed by atoms with Gasteiger partial charge in [0.1, 0.15) is 15.8 Å². The van der Waals surface area contributed by atoms with Crippen LogP contribution in [0, 0.1) is 0 Å². The molecule has 1 saturated heterocycles. The highest BCUT2D eigenvalue weighted by molar-refractivity contribution is 8.01. The summed E-state index contributed by atoms with van der Waals surface area (Å²) in [7, 11) is 1.66. The Kier molecular flexibility index (Phi) is 10.0. The average Bonchev–Trinajstić information content (AvgIpc) is 3.56. The molecule has 3 aromatic rings. The van der Waals surface area contributed by atoms with Gasteiger partial charge in [-0.2, -0.15) is 13.2 Å². The molecule has 5 rings (SSSR count). The third-order valence-corrected chi connectivity index (χ3v) is 9.36. The summed E-state index contributed by atoms with van der Waals surface area (Å²) in [6.07, 6.45) is -0.184. The van der Waals surface area contributed by atoms with Crippen molar-refractivity contribution >= 4 is 39.0 Å². The molecule has 0 saturated carbocycles. The van der Waals surface area contributed by atoms with Crippen LogP contribution in [0.4, 0.5) is 13.2 Å². The summed E-state index contributed by atoms with van der Waals surface area (Å²) < 4.78 is 51.1. The maximum absolute atomic E-state index is 13.1. The van der Waals surface area contributed by atoms with Gasteiger partial charge in [0.15, 0.2) is 0 Å². The number of hydrogen-bond acceptors (Lipinski definition) is 10. The van der Waals surface area contributed by atoms with Gasteiger partial charge in [0.05, 0.1) is 41.3 Å². The number of methoxy groups -OCH3 is 1. The number of thioether (sulfide) groups is 1. The standard InChI is InChI=1S/C27H33F3N6O2S2/c1-37-17-22-24(25-34-21-6-7-31-16-23(21)39-25)40-26(35-22)33-15-20(32-8-9-36-10-12-38-13-11-36)14-18-2-4-19(5-3-18)27(28,29)30/h2-7,16,20,24,26,32-33H,8-15,17H2,1H3/t20-,24?,26?/m0/s1. The topological polar surface area (TPSA) is 83.9 Å². The van der Waals surface area contributed by atoms with Crippen LogP contribution in [0.15, 0.2) is 47.7 Å². The number of alkyl halides is 3. The van der Waals surface area contributed by atoms with Crippen molar-refractivity contribution in [1.82, 2.24) is 25.5 Å². The van der Waals surface area contributed by atoms with Gasteiger partial charge in [-0.25, -0.2) is 4.98 Å². The van der Waals surface area contributed by atoms with Crippen LogP contribution in [-0.2, 0) is 22.1 Å². The van der Waals surface area contributed by atoms with E-state index in [1.807, 2.05) is 12.3 Å². The van der Waals surface area contributed by atoms with E-state index in [0.29, 0.717) is 19.6 Å². The first-order valence-corrected chi connectivity index (χ1v) is 15.0. The third-order valence-electron chi connectivity index (χ3n) is 6.84. The van der Waals surface area contributed by atoms with Gasteiger partial charge in [0.2, 0.25) is 0 Å². The molecule has 0 radical (unpaired) electrons. The van der Waals surface area contributed by atoms with Gasteiger partial charge >= 0.3 is 6.18 Å². The third kappa shape index (κ3) is 7.78. The second-order valence-electron chi connectivity index (χ2n) is 9.73. The fourth-order valence-electron chi connectivity index (χ4n) is 4.75. The largest absolute Gasteiger partial charge is 0.416 e. The molecule has 2 unspecified atom stereocenters. The van der Waals surface area contributed by atoms with E-state index < -0.39 is 11.7 Å². The maximum Gasteiger partial charge on any atom is 0.416 e. The molecule has 13 heteroatoms. The fraction of sp³-hybridized carbons (Fsp3) is 0.519. The second-order valence-corrected chi connectivity index (χ2v) is 12.0. The van der Waals surface area contributed by atoms with Gasteiger partial charge in [-0.05, 0) is 30.2 Å². The Morgan fingerprint density at radius 2 is 1.98 bits per heavy atom. The van der Waals surface area contributed by atoms with Crippen LogP contribution in [0.2, 0.25) is 0 Å². The summed E-state index contributed by atoms with van der Waals surface area (Å²) in [6, 6.07) is 7.35. The Balaban J connectivity index is 1.23. The molecular weight excluding hydrogens is 561 g/mol. The van der Waals surface area contributed by atoms with E-state index in [9.17, 15) is 13.2 Å². The van der Waals surface area contributed by atoms with Crippen LogP contribution in [0.5, 0.6) is 0 Å². The Hall–Kier alpha value is -2.13. The number of rotatable bonds is 12. The number of fused-ring (bicyclic) bond motifs is 1. The van der Waals surface area contributed by atoms with Crippen LogP contribution in [-0.4, -0.2) is 91.8 Å². The van der Waals surface area contributed by atoms with E-state index in [4.69, 9.17) is 19.5 Å². The average molecular weight is 595 g/mol. The van der Waals surface area contributed by atoms with Crippen molar-refractivity contribution in [2.45, 2.75) is 29.4 Å². The summed E-state index contributed by atoms with van der Waals surface area (Å²) >= 11 is 3.30. The minimum atomic E-state index is -4.34. The number of nitrogens with one attached hydrogen (secondary N) is 2. The van der Waals surface area contributed by atoms with Gasteiger partial charge in [0.25, 0.3) is 0 Å². The molecule has 2 aliphatic rings. The molecule has 1 aromatic carbocycles. The minimum absolute atomic E-state index is 0.00651. The molecule has 8 nitrogen and oxygen atoms in total. The van der Waals surface area contributed by atoms with E-state index in [0.717, 1.165) is 78.0 Å². The quantitative estimate of drug-likeness (QED) is 0.326. The molecule has 3 atom stereocenters. The summed E-state index contributed by atoms with van der Waals surface area (Å²) in [4.78, 5) is 16.3. The molecule has 40 heavy (non-hydrogen) atoms. The lowest BCUT2D eigenvalue weighted by Gasteiger charge is -2.28. The van der Waals surface area contributed by atoms with E-state index in [1.54, 1.807) is 48.5 Å². The number of hydrogen-bond donors (Lipinski definition) is 2. The Bertz CT molecular complexity index is 1230.